The molecular formula is C24H23NO5S. The van der Waals surface area contributed by atoms with Gasteiger partial charge in [0, 0.05) is 6.08 Å². The number of hydrogen-bond acceptors (Lipinski definition) is 5. The summed E-state index contributed by atoms with van der Waals surface area (Å²) in [6.45, 7) is 1.85. The molecule has 0 radical (unpaired) electrons. The SMILES string of the molecule is COc1ccc(C(=CC(=O)NS(=O)(=O)c2ccc(C)cc2)c2ccc(OC)cc2)cc1. The zero-order valence-electron chi connectivity index (χ0n) is 17.5. The third-order valence-corrected chi connectivity index (χ3v) is 6.01. The normalized spacial score (nSPS) is 10.8. The molecule has 0 aliphatic rings. The predicted molar refractivity (Wildman–Crippen MR) is 120 cm³/mol. The zero-order chi connectivity index (χ0) is 22.4. The van der Waals surface area contributed by atoms with Crippen molar-refractivity contribution in [1.29, 1.82) is 0 Å². The smallest absolute Gasteiger partial charge is 0.264 e. The van der Waals surface area contributed by atoms with E-state index in [0.29, 0.717) is 17.1 Å². The van der Waals surface area contributed by atoms with Crippen molar-refractivity contribution in [3.05, 3.63) is 95.6 Å². The highest BCUT2D eigenvalue weighted by atomic mass is 32.2. The molecule has 160 valence electrons. The zero-order valence-corrected chi connectivity index (χ0v) is 18.3. The maximum atomic E-state index is 12.7. The van der Waals surface area contributed by atoms with Crippen LogP contribution < -0.4 is 14.2 Å². The van der Waals surface area contributed by atoms with Crippen molar-refractivity contribution in [3.8, 4) is 11.5 Å². The second-order valence-electron chi connectivity index (χ2n) is 6.80. The summed E-state index contributed by atoms with van der Waals surface area (Å²) in [7, 11) is -0.856. The average molecular weight is 438 g/mol. The summed E-state index contributed by atoms with van der Waals surface area (Å²) in [6, 6.07) is 20.6. The Morgan fingerprint density at radius 3 is 1.65 bits per heavy atom. The molecule has 0 atom stereocenters. The van der Waals surface area contributed by atoms with E-state index in [1.807, 2.05) is 6.92 Å². The van der Waals surface area contributed by atoms with Crippen LogP contribution >= 0.6 is 0 Å². The molecule has 0 fully saturated rings. The number of carbonyl (C=O) groups excluding carboxylic acids is 1. The fraction of sp³-hybridized carbons (Fsp3) is 0.125. The van der Waals surface area contributed by atoms with E-state index in [1.165, 1.54) is 18.2 Å². The van der Waals surface area contributed by atoms with Gasteiger partial charge >= 0.3 is 0 Å². The van der Waals surface area contributed by atoms with Crippen LogP contribution in [-0.4, -0.2) is 28.5 Å². The molecule has 1 N–H and O–H groups in total. The molecule has 31 heavy (non-hydrogen) atoms. The number of ether oxygens (including phenoxy) is 2. The van der Waals surface area contributed by atoms with Crippen LogP contribution in [0.2, 0.25) is 0 Å². The van der Waals surface area contributed by atoms with E-state index >= 15 is 0 Å². The lowest BCUT2D eigenvalue weighted by Crippen LogP contribution is -2.29. The van der Waals surface area contributed by atoms with Gasteiger partial charge in [0.1, 0.15) is 11.5 Å². The van der Waals surface area contributed by atoms with E-state index in [1.54, 1.807) is 74.9 Å². The molecule has 3 rings (SSSR count). The summed E-state index contributed by atoms with van der Waals surface area (Å²) >= 11 is 0. The number of hydrogen-bond donors (Lipinski definition) is 1. The Morgan fingerprint density at radius 2 is 1.23 bits per heavy atom. The number of amides is 1. The topological polar surface area (TPSA) is 81.7 Å². The molecule has 0 saturated heterocycles. The Labute approximate surface area is 182 Å². The molecule has 0 aromatic heterocycles. The molecule has 0 heterocycles. The van der Waals surface area contributed by atoms with Gasteiger partial charge in [-0.3, -0.25) is 4.79 Å². The number of nitrogens with one attached hydrogen (secondary N) is 1. The molecule has 0 unspecified atom stereocenters. The van der Waals surface area contributed by atoms with Crippen molar-refractivity contribution in [2.45, 2.75) is 11.8 Å². The third kappa shape index (κ3) is 5.52. The van der Waals surface area contributed by atoms with Gasteiger partial charge in [0.25, 0.3) is 15.9 Å². The van der Waals surface area contributed by atoms with Crippen molar-refractivity contribution in [1.82, 2.24) is 4.72 Å². The Hall–Kier alpha value is -3.58. The quantitative estimate of drug-likeness (QED) is 0.566. The molecule has 0 spiro atoms. The van der Waals surface area contributed by atoms with Crippen LogP contribution in [0.1, 0.15) is 16.7 Å². The summed E-state index contributed by atoms with van der Waals surface area (Å²) in [4.78, 5) is 12.7. The molecule has 0 aliphatic heterocycles. The summed E-state index contributed by atoms with van der Waals surface area (Å²) < 4.78 is 37.7. The molecule has 6 nitrogen and oxygen atoms in total. The first-order valence-corrected chi connectivity index (χ1v) is 10.9. The first-order valence-electron chi connectivity index (χ1n) is 9.46. The second kappa shape index (κ2) is 9.49. The molecule has 1 amide bonds. The van der Waals surface area contributed by atoms with Gasteiger partial charge in [-0.1, -0.05) is 42.0 Å². The predicted octanol–water partition coefficient (Wildman–Crippen LogP) is 3.95. The van der Waals surface area contributed by atoms with Gasteiger partial charge in [-0.2, -0.15) is 0 Å². The van der Waals surface area contributed by atoms with Crippen LogP contribution in [-0.2, 0) is 14.8 Å². The largest absolute Gasteiger partial charge is 0.497 e. The van der Waals surface area contributed by atoms with Crippen molar-refractivity contribution in [2.24, 2.45) is 0 Å². The lowest BCUT2D eigenvalue weighted by Gasteiger charge is -2.11. The number of methoxy groups -OCH3 is 2. The lowest BCUT2D eigenvalue weighted by atomic mass is 9.97. The van der Waals surface area contributed by atoms with Gasteiger partial charge in [0.05, 0.1) is 19.1 Å². The van der Waals surface area contributed by atoms with Gasteiger partial charge < -0.3 is 9.47 Å². The molecular weight excluding hydrogens is 414 g/mol. The third-order valence-electron chi connectivity index (χ3n) is 4.64. The van der Waals surface area contributed by atoms with Gasteiger partial charge in [0.2, 0.25) is 0 Å². The van der Waals surface area contributed by atoms with Crippen molar-refractivity contribution >= 4 is 21.5 Å². The summed E-state index contributed by atoms with van der Waals surface area (Å²) in [5.74, 6) is 0.593. The molecule has 3 aromatic rings. The van der Waals surface area contributed by atoms with Gasteiger partial charge in [-0.05, 0) is 60.0 Å². The minimum absolute atomic E-state index is 0.0234. The maximum absolute atomic E-state index is 12.7. The van der Waals surface area contributed by atoms with E-state index < -0.39 is 15.9 Å². The number of aryl methyl sites for hydroxylation is 1. The monoisotopic (exact) mass is 437 g/mol. The van der Waals surface area contributed by atoms with Crippen molar-refractivity contribution < 1.29 is 22.7 Å². The number of rotatable bonds is 7. The van der Waals surface area contributed by atoms with Crippen LogP contribution in [0.3, 0.4) is 0 Å². The molecule has 0 saturated carbocycles. The van der Waals surface area contributed by atoms with Gasteiger partial charge in [0.15, 0.2) is 0 Å². The summed E-state index contributed by atoms with van der Waals surface area (Å²) in [6.07, 6.45) is 1.27. The molecule has 0 bridgehead atoms. The van der Waals surface area contributed by atoms with Crippen LogP contribution in [0.4, 0.5) is 0 Å². The second-order valence-corrected chi connectivity index (χ2v) is 8.48. The summed E-state index contributed by atoms with van der Waals surface area (Å²) in [5, 5.41) is 0. The van der Waals surface area contributed by atoms with Crippen LogP contribution in [0.5, 0.6) is 11.5 Å². The highest BCUT2D eigenvalue weighted by Gasteiger charge is 2.17. The highest BCUT2D eigenvalue weighted by molar-refractivity contribution is 7.90. The van der Waals surface area contributed by atoms with Crippen LogP contribution in [0.15, 0.2) is 83.8 Å². The highest BCUT2D eigenvalue weighted by Crippen LogP contribution is 2.27. The minimum Gasteiger partial charge on any atom is -0.497 e. The van der Waals surface area contributed by atoms with E-state index in [4.69, 9.17) is 9.47 Å². The Kier molecular flexibility index (Phi) is 6.77. The van der Waals surface area contributed by atoms with E-state index in [-0.39, 0.29) is 4.90 Å². The van der Waals surface area contributed by atoms with E-state index in [2.05, 4.69) is 4.72 Å². The van der Waals surface area contributed by atoms with Gasteiger partial charge in [-0.15, -0.1) is 0 Å². The molecule has 7 heteroatoms. The number of sulfonamides is 1. The molecule has 0 aliphatic carbocycles. The Balaban J connectivity index is 1.96. The van der Waals surface area contributed by atoms with Crippen LogP contribution in [0, 0.1) is 6.92 Å². The van der Waals surface area contributed by atoms with E-state index in [9.17, 15) is 13.2 Å². The minimum atomic E-state index is -3.99. The molecule has 3 aromatic carbocycles. The lowest BCUT2D eigenvalue weighted by molar-refractivity contribution is -0.114. The first kappa shape index (κ1) is 22.1. The van der Waals surface area contributed by atoms with Crippen molar-refractivity contribution in [2.75, 3.05) is 14.2 Å². The van der Waals surface area contributed by atoms with Crippen LogP contribution in [0.25, 0.3) is 5.57 Å². The first-order chi connectivity index (χ1) is 14.8. The standard InChI is InChI=1S/C24H23NO5S/c1-17-4-14-22(15-5-17)31(27,28)25-24(26)16-23(18-6-10-20(29-2)11-7-18)19-8-12-21(30-3)13-9-19/h4-16H,1-3H3,(H,25,26). The summed E-state index contributed by atoms with van der Waals surface area (Å²) in [5.41, 5.74) is 2.94. The Bertz CT molecular complexity index is 1130. The Morgan fingerprint density at radius 1 is 0.774 bits per heavy atom. The van der Waals surface area contributed by atoms with Crippen molar-refractivity contribution in [3.63, 3.8) is 0 Å². The van der Waals surface area contributed by atoms with Gasteiger partial charge in [-0.25, -0.2) is 13.1 Å². The fourth-order valence-electron chi connectivity index (χ4n) is 2.94. The number of carbonyl (C=O) groups is 1. The van der Waals surface area contributed by atoms with E-state index in [0.717, 1.165) is 16.7 Å². The number of benzene rings is 3. The average Bonchev–Trinajstić information content (AvgIpc) is 2.77. The fourth-order valence-corrected chi connectivity index (χ4v) is 3.88. The maximum Gasteiger partial charge on any atom is 0.264 e.